The number of nitrogens with zero attached hydrogens (tertiary/aromatic N) is 2. The Morgan fingerprint density at radius 2 is 2.33 bits per heavy atom. The number of aliphatic imine (C=N–C) groups is 1. The molecule has 0 unspecified atom stereocenters. The van der Waals surface area contributed by atoms with Crippen molar-refractivity contribution >= 4 is 12.2 Å². The van der Waals surface area contributed by atoms with Crippen molar-refractivity contribution in [2.75, 3.05) is 0 Å². The Balaban J connectivity index is 3.25. The van der Waals surface area contributed by atoms with Gasteiger partial charge in [-0.2, -0.15) is 0 Å². The topological polar surface area (TPSA) is 92.8 Å². The number of nitro groups is 1. The highest BCUT2D eigenvalue weighted by Crippen LogP contribution is 2.29. The summed E-state index contributed by atoms with van der Waals surface area (Å²) < 4.78 is 0. The number of carboxylic acids is 1. The van der Waals surface area contributed by atoms with Gasteiger partial charge in [-0.3, -0.25) is 14.9 Å². The molecule has 0 saturated heterocycles. The van der Waals surface area contributed by atoms with Crippen LogP contribution in [0.4, 0.5) is 0 Å². The Hall–Kier alpha value is -1.98. The van der Waals surface area contributed by atoms with E-state index in [-0.39, 0.29) is 0 Å². The number of hydrogen-bond donors (Lipinski definition) is 1. The monoisotopic (exact) mass is 210 g/mol. The molecule has 0 bridgehead atoms. The van der Waals surface area contributed by atoms with Gasteiger partial charge in [0.25, 0.3) is 0 Å². The van der Waals surface area contributed by atoms with E-state index in [4.69, 9.17) is 5.11 Å². The molecule has 15 heavy (non-hydrogen) atoms. The minimum absolute atomic E-state index is 0.689. The molecule has 0 aliphatic heterocycles. The second-order valence-electron chi connectivity index (χ2n) is 2.99. The predicted molar refractivity (Wildman–Crippen MR) is 53.3 cm³/mol. The van der Waals surface area contributed by atoms with Gasteiger partial charge in [0.15, 0.2) is 5.92 Å². The maximum absolute atomic E-state index is 10.9. The summed E-state index contributed by atoms with van der Waals surface area (Å²) in [4.78, 5) is 24.8. The summed E-state index contributed by atoms with van der Waals surface area (Å²) in [6, 6.07) is 0. The largest absolute Gasteiger partial charge is 0.481 e. The van der Waals surface area contributed by atoms with Crippen LogP contribution in [0.5, 0.6) is 0 Å². The molecule has 1 N–H and O–H groups in total. The van der Waals surface area contributed by atoms with Crippen LogP contribution in [0.1, 0.15) is 6.92 Å². The van der Waals surface area contributed by atoms with Gasteiger partial charge in [-0.15, -0.1) is 0 Å². The average Bonchev–Trinajstić information content (AvgIpc) is 2.18. The number of hydrogen-bond acceptors (Lipinski definition) is 4. The van der Waals surface area contributed by atoms with Gasteiger partial charge in [-0.1, -0.05) is 18.2 Å². The average molecular weight is 210 g/mol. The second-order valence-corrected chi connectivity index (χ2v) is 2.99. The van der Waals surface area contributed by atoms with Crippen LogP contribution in [0.3, 0.4) is 0 Å². The first-order chi connectivity index (χ1) is 7.04. The summed E-state index contributed by atoms with van der Waals surface area (Å²) in [5.74, 6) is -2.54. The molecule has 80 valence electrons. The van der Waals surface area contributed by atoms with E-state index in [1.807, 2.05) is 0 Å². The Morgan fingerprint density at radius 3 is 2.80 bits per heavy atom. The number of carboxylic acid groups (broad SMARTS) is 1. The van der Waals surface area contributed by atoms with Gasteiger partial charge in [-0.05, 0) is 6.92 Å². The first-order valence-electron chi connectivity index (χ1n) is 4.28. The standard InChI is InChI=1S/C9H10N2O4/c1-2-10-9(11(14)15)6-4-3-5-7(9)8(12)13/h2-7H,1H3,(H,12,13)/t7-,9+/m1/s1. The van der Waals surface area contributed by atoms with Crippen molar-refractivity contribution < 1.29 is 14.8 Å². The van der Waals surface area contributed by atoms with Crippen LogP contribution in [0.25, 0.3) is 0 Å². The van der Waals surface area contributed by atoms with Crippen molar-refractivity contribution in [1.29, 1.82) is 0 Å². The van der Waals surface area contributed by atoms with E-state index in [0.717, 1.165) is 0 Å². The number of carbonyl (C=O) groups is 1. The van der Waals surface area contributed by atoms with Crippen molar-refractivity contribution in [3.05, 3.63) is 34.4 Å². The van der Waals surface area contributed by atoms with Gasteiger partial charge in [0.1, 0.15) is 0 Å². The maximum atomic E-state index is 10.9. The van der Waals surface area contributed by atoms with Gasteiger partial charge in [0.2, 0.25) is 0 Å². The van der Waals surface area contributed by atoms with E-state index in [1.165, 1.54) is 37.4 Å². The van der Waals surface area contributed by atoms with E-state index < -0.39 is 22.5 Å². The third-order valence-corrected chi connectivity index (χ3v) is 2.11. The fourth-order valence-corrected chi connectivity index (χ4v) is 1.43. The summed E-state index contributed by atoms with van der Waals surface area (Å²) >= 11 is 0. The van der Waals surface area contributed by atoms with E-state index in [0.29, 0.717) is 0 Å². The van der Waals surface area contributed by atoms with Gasteiger partial charge in [-0.25, -0.2) is 4.99 Å². The van der Waals surface area contributed by atoms with Crippen molar-refractivity contribution in [2.45, 2.75) is 12.6 Å². The van der Waals surface area contributed by atoms with Crippen molar-refractivity contribution in [3.63, 3.8) is 0 Å². The number of rotatable bonds is 3. The summed E-state index contributed by atoms with van der Waals surface area (Å²) in [5, 5.41) is 19.8. The fourth-order valence-electron chi connectivity index (χ4n) is 1.43. The molecular weight excluding hydrogens is 200 g/mol. The van der Waals surface area contributed by atoms with Crippen LogP contribution in [-0.4, -0.2) is 27.9 Å². The molecule has 2 atom stereocenters. The zero-order chi connectivity index (χ0) is 11.5. The third-order valence-electron chi connectivity index (χ3n) is 2.11. The lowest BCUT2D eigenvalue weighted by molar-refractivity contribution is -0.558. The SMILES string of the molecule is CC=N[C@]1([N+](=O)[O-])C=CC=C[C@@H]1C(=O)O. The quantitative estimate of drug-likeness (QED) is 0.425. The molecular formula is C9H10N2O4. The van der Waals surface area contributed by atoms with E-state index in [2.05, 4.69) is 4.99 Å². The highest BCUT2D eigenvalue weighted by Gasteiger charge is 2.51. The highest BCUT2D eigenvalue weighted by atomic mass is 16.6. The van der Waals surface area contributed by atoms with E-state index in [9.17, 15) is 14.9 Å². The minimum Gasteiger partial charge on any atom is -0.481 e. The molecule has 0 heterocycles. The lowest BCUT2D eigenvalue weighted by Gasteiger charge is -2.23. The molecule has 0 radical (unpaired) electrons. The molecule has 0 amide bonds. The maximum Gasteiger partial charge on any atom is 0.348 e. The van der Waals surface area contributed by atoms with Gasteiger partial charge >= 0.3 is 11.6 Å². The minimum atomic E-state index is -1.91. The Kier molecular flexibility index (Phi) is 2.99. The summed E-state index contributed by atoms with van der Waals surface area (Å²) in [5.41, 5.74) is -1.91. The van der Waals surface area contributed by atoms with E-state index >= 15 is 0 Å². The van der Waals surface area contributed by atoms with Gasteiger partial charge < -0.3 is 5.11 Å². The third kappa shape index (κ3) is 1.78. The first-order valence-corrected chi connectivity index (χ1v) is 4.28. The summed E-state index contributed by atoms with van der Waals surface area (Å²) in [7, 11) is 0. The lowest BCUT2D eigenvalue weighted by Crippen LogP contribution is -2.46. The predicted octanol–water partition coefficient (Wildman–Crippen LogP) is 0.877. The summed E-state index contributed by atoms with van der Waals surface area (Å²) in [6.45, 7) is 1.51. The Bertz CT molecular complexity index is 372. The van der Waals surface area contributed by atoms with Crippen molar-refractivity contribution in [1.82, 2.24) is 0 Å². The Morgan fingerprint density at radius 1 is 1.67 bits per heavy atom. The van der Waals surface area contributed by atoms with E-state index in [1.54, 1.807) is 0 Å². The lowest BCUT2D eigenvalue weighted by atomic mass is 9.89. The molecule has 1 rings (SSSR count). The fraction of sp³-hybridized carbons (Fsp3) is 0.333. The number of allylic oxidation sites excluding steroid dienone is 2. The highest BCUT2D eigenvalue weighted by molar-refractivity contribution is 5.75. The smallest absolute Gasteiger partial charge is 0.348 e. The van der Waals surface area contributed by atoms with Crippen LogP contribution >= 0.6 is 0 Å². The Labute approximate surface area is 85.8 Å². The van der Waals surface area contributed by atoms with Crippen LogP contribution in [0.2, 0.25) is 0 Å². The van der Waals surface area contributed by atoms with Crippen molar-refractivity contribution in [2.24, 2.45) is 10.9 Å². The normalized spacial score (nSPS) is 29.5. The van der Waals surface area contributed by atoms with Gasteiger partial charge in [0, 0.05) is 12.3 Å². The summed E-state index contributed by atoms with van der Waals surface area (Å²) in [6.07, 6.45) is 6.58. The molecule has 6 nitrogen and oxygen atoms in total. The second kappa shape index (κ2) is 4.04. The van der Waals surface area contributed by atoms with Crippen LogP contribution in [0.15, 0.2) is 29.3 Å². The zero-order valence-electron chi connectivity index (χ0n) is 8.03. The number of aliphatic carboxylic acids is 1. The van der Waals surface area contributed by atoms with Crippen LogP contribution in [0, 0.1) is 16.0 Å². The zero-order valence-corrected chi connectivity index (χ0v) is 8.03. The molecule has 0 fully saturated rings. The molecule has 0 aromatic heterocycles. The van der Waals surface area contributed by atoms with Gasteiger partial charge in [0.05, 0.1) is 4.92 Å². The molecule has 0 saturated carbocycles. The molecule has 1 aliphatic carbocycles. The molecule has 0 aromatic carbocycles. The van der Waals surface area contributed by atoms with Crippen molar-refractivity contribution in [3.8, 4) is 0 Å². The van der Waals surface area contributed by atoms with Crippen LogP contribution < -0.4 is 0 Å². The molecule has 1 aliphatic rings. The van der Waals surface area contributed by atoms with Crippen LogP contribution in [-0.2, 0) is 4.79 Å². The molecule has 6 heteroatoms. The first kappa shape index (κ1) is 11.1. The molecule has 0 spiro atoms. The molecule has 0 aromatic rings.